The second-order valence-electron chi connectivity index (χ2n) is 4.01. The standard InChI is InChI=1S/C14H21I/c1-3-12-9-13(4-2)11-14(10-12)7-5-6-8-15/h9-11H,3-8H2,1-2H3. The van der Waals surface area contributed by atoms with Crippen LogP contribution in [0, 0.1) is 0 Å². The highest BCUT2D eigenvalue weighted by Gasteiger charge is 1.99. The van der Waals surface area contributed by atoms with Crippen molar-refractivity contribution in [2.24, 2.45) is 0 Å². The summed E-state index contributed by atoms with van der Waals surface area (Å²) in [7, 11) is 0. The van der Waals surface area contributed by atoms with Crippen LogP contribution in [-0.2, 0) is 19.3 Å². The molecule has 0 unspecified atom stereocenters. The number of unbranched alkanes of at least 4 members (excludes halogenated alkanes) is 1. The number of benzene rings is 1. The predicted octanol–water partition coefficient (Wildman–Crippen LogP) is 4.57. The molecule has 0 aliphatic rings. The minimum Gasteiger partial charge on any atom is -0.0864 e. The molecule has 0 nitrogen and oxygen atoms in total. The lowest BCUT2D eigenvalue weighted by molar-refractivity contribution is 0.806. The van der Waals surface area contributed by atoms with E-state index >= 15 is 0 Å². The maximum Gasteiger partial charge on any atom is -0.000461 e. The topological polar surface area (TPSA) is 0 Å². The highest BCUT2D eigenvalue weighted by molar-refractivity contribution is 14.1. The Morgan fingerprint density at radius 1 is 0.867 bits per heavy atom. The fraction of sp³-hybridized carbons (Fsp3) is 0.571. The predicted molar refractivity (Wildman–Crippen MR) is 77.0 cm³/mol. The van der Waals surface area contributed by atoms with Crippen molar-refractivity contribution in [3.8, 4) is 0 Å². The Labute approximate surface area is 108 Å². The van der Waals surface area contributed by atoms with E-state index < -0.39 is 0 Å². The summed E-state index contributed by atoms with van der Waals surface area (Å²) in [5.41, 5.74) is 4.54. The van der Waals surface area contributed by atoms with Crippen molar-refractivity contribution in [3.63, 3.8) is 0 Å². The summed E-state index contributed by atoms with van der Waals surface area (Å²) in [6, 6.07) is 7.11. The van der Waals surface area contributed by atoms with Crippen molar-refractivity contribution in [3.05, 3.63) is 34.9 Å². The number of hydrogen-bond acceptors (Lipinski definition) is 0. The highest BCUT2D eigenvalue weighted by Crippen LogP contribution is 2.14. The van der Waals surface area contributed by atoms with Crippen molar-refractivity contribution in [1.82, 2.24) is 0 Å². The van der Waals surface area contributed by atoms with Gasteiger partial charge in [-0.25, -0.2) is 0 Å². The Bertz CT molecular complexity index is 269. The van der Waals surface area contributed by atoms with E-state index in [1.165, 1.54) is 40.4 Å². The molecule has 0 saturated heterocycles. The molecule has 84 valence electrons. The van der Waals surface area contributed by atoms with Gasteiger partial charge in [-0.3, -0.25) is 0 Å². The monoisotopic (exact) mass is 316 g/mol. The number of aryl methyl sites for hydroxylation is 3. The first-order valence-electron chi connectivity index (χ1n) is 5.97. The summed E-state index contributed by atoms with van der Waals surface area (Å²) in [4.78, 5) is 0. The van der Waals surface area contributed by atoms with E-state index in [4.69, 9.17) is 0 Å². The Balaban J connectivity index is 2.68. The van der Waals surface area contributed by atoms with Crippen LogP contribution in [0.25, 0.3) is 0 Å². The Kier molecular flexibility index (Phi) is 6.30. The van der Waals surface area contributed by atoms with E-state index in [1.807, 2.05) is 0 Å². The zero-order valence-corrected chi connectivity index (χ0v) is 12.0. The third kappa shape index (κ3) is 4.54. The van der Waals surface area contributed by atoms with Crippen LogP contribution in [0.2, 0.25) is 0 Å². The second-order valence-corrected chi connectivity index (χ2v) is 5.09. The van der Waals surface area contributed by atoms with Crippen molar-refractivity contribution in [2.45, 2.75) is 46.0 Å². The van der Waals surface area contributed by atoms with Crippen LogP contribution >= 0.6 is 22.6 Å². The van der Waals surface area contributed by atoms with Crippen LogP contribution in [0.4, 0.5) is 0 Å². The molecule has 0 N–H and O–H groups in total. The molecule has 0 radical (unpaired) electrons. The van der Waals surface area contributed by atoms with Gasteiger partial charge in [0.05, 0.1) is 0 Å². The zero-order valence-electron chi connectivity index (χ0n) is 9.85. The first kappa shape index (κ1) is 13.0. The van der Waals surface area contributed by atoms with Crippen LogP contribution < -0.4 is 0 Å². The van der Waals surface area contributed by atoms with Gasteiger partial charge in [0.15, 0.2) is 0 Å². The molecule has 0 fully saturated rings. The summed E-state index contributed by atoms with van der Waals surface area (Å²) in [6.07, 6.45) is 6.25. The van der Waals surface area contributed by atoms with Gasteiger partial charge in [-0.1, -0.05) is 54.6 Å². The molecule has 0 aliphatic carbocycles. The zero-order chi connectivity index (χ0) is 11.1. The molecule has 0 aliphatic heterocycles. The normalized spacial score (nSPS) is 10.6. The molecule has 1 aromatic rings. The van der Waals surface area contributed by atoms with Crippen molar-refractivity contribution in [2.75, 3.05) is 4.43 Å². The van der Waals surface area contributed by atoms with Gasteiger partial charge in [-0.2, -0.15) is 0 Å². The first-order valence-corrected chi connectivity index (χ1v) is 7.50. The highest BCUT2D eigenvalue weighted by atomic mass is 127. The summed E-state index contributed by atoms with van der Waals surface area (Å²) in [5, 5.41) is 0. The number of halogens is 1. The van der Waals surface area contributed by atoms with E-state index in [9.17, 15) is 0 Å². The van der Waals surface area contributed by atoms with E-state index in [1.54, 1.807) is 0 Å². The third-order valence-corrected chi connectivity index (χ3v) is 3.54. The largest absolute Gasteiger partial charge is 0.0864 e. The SMILES string of the molecule is CCc1cc(CC)cc(CCCCI)c1. The maximum absolute atomic E-state index is 2.46. The first-order chi connectivity index (χ1) is 7.30. The van der Waals surface area contributed by atoms with E-state index in [-0.39, 0.29) is 0 Å². The Morgan fingerprint density at radius 2 is 1.40 bits per heavy atom. The molecule has 0 aromatic heterocycles. The van der Waals surface area contributed by atoms with Gasteiger partial charge < -0.3 is 0 Å². The molecule has 15 heavy (non-hydrogen) atoms. The van der Waals surface area contributed by atoms with Gasteiger partial charge >= 0.3 is 0 Å². The van der Waals surface area contributed by atoms with Gasteiger partial charge in [-0.15, -0.1) is 0 Å². The molecule has 0 spiro atoms. The Morgan fingerprint density at radius 3 is 1.87 bits per heavy atom. The average molecular weight is 316 g/mol. The maximum atomic E-state index is 2.46. The molecule has 0 atom stereocenters. The third-order valence-electron chi connectivity index (χ3n) is 2.78. The van der Waals surface area contributed by atoms with Crippen LogP contribution in [0.5, 0.6) is 0 Å². The fourth-order valence-corrected chi connectivity index (χ4v) is 2.35. The fourth-order valence-electron chi connectivity index (χ4n) is 1.82. The molecule has 0 amide bonds. The minimum atomic E-state index is 1.16. The van der Waals surface area contributed by atoms with Gasteiger partial charge in [-0.05, 0) is 53.2 Å². The summed E-state index contributed by atoms with van der Waals surface area (Å²) < 4.78 is 1.28. The quantitative estimate of drug-likeness (QED) is 0.410. The number of rotatable bonds is 6. The summed E-state index contributed by atoms with van der Waals surface area (Å²) in [5.74, 6) is 0. The van der Waals surface area contributed by atoms with Crippen LogP contribution in [-0.4, -0.2) is 4.43 Å². The van der Waals surface area contributed by atoms with Gasteiger partial charge in [0.2, 0.25) is 0 Å². The number of alkyl halides is 1. The molecule has 0 bridgehead atoms. The van der Waals surface area contributed by atoms with Crippen molar-refractivity contribution < 1.29 is 0 Å². The average Bonchev–Trinajstić information content (AvgIpc) is 2.29. The van der Waals surface area contributed by atoms with E-state index in [2.05, 4.69) is 54.6 Å². The lowest BCUT2D eigenvalue weighted by atomic mass is 9.99. The Hall–Kier alpha value is -0.0500. The molecular weight excluding hydrogens is 295 g/mol. The van der Waals surface area contributed by atoms with Crippen molar-refractivity contribution in [1.29, 1.82) is 0 Å². The van der Waals surface area contributed by atoms with Gasteiger partial charge in [0.25, 0.3) is 0 Å². The molecule has 1 rings (SSSR count). The molecule has 0 heterocycles. The van der Waals surface area contributed by atoms with E-state index in [0.29, 0.717) is 0 Å². The van der Waals surface area contributed by atoms with Gasteiger partial charge in [0, 0.05) is 0 Å². The lowest BCUT2D eigenvalue weighted by Gasteiger charge is -2.07. The van der Waals surface area contributed by atoms with Crippen LogP contribution in [0.3, 0.4) is 0 Å². The number of hydrogen-bond donors (Lipinski definition) is 0. The lowest BCUT2D eigenvalue weighted by Crippen LogP contribution is -1.93. The van der Waals surface area contributed by atoms with Crippen LogP contribution in [0.15, 0.2) is 18.2 Å². The van der Waals surface area contributed by atoms with Crippen LogP contribution in [0.1, 0.15) is 43.4 Å². The molecule has 1 aromatic carbocycles. The van der Waals surface area contributed by atoms with Crippen molar-refractivity contribution >= 4 is 22.6 Å². The summed E-state index contributed by atoms with van der Waals surface area (Å²) in [6.45, 7) is 4.48. The minimum absolute atomic E-state index is 1.16. The smallest absolute Gasteiger partial charge is 0.000461 e. The summed E-state index contributed by atoms with van der Waals surface area (Å²) >= 11 is 2.46. The van der Waals surface area contributed by atoms with Gasteiger partial charge in [0.1, 0.15) is 0 Å². The molecule has 0 saturated carbocycles. The molecule has 1 heteroatoms. The second kappa shape index (κ2) is 7.26. The van der Waals surface area contributed by atoms with E-state index in [0.717, 1.165) is 12.8 Å². The molecular formula is C14H21I.